The largest absolute Gasteiger partial charge is 0.443 e. The molecule has 1 heterocycles. The van der Waals surface area contributed by atoms with Gasteiger partial charge in [0.1, 0.15) is 13.2 Å². The fourth-order valence-electron chi connectivity index (χ4n) is 2.53. The molecule has 0 saturated carbocycles. The van der Waals surface area contributed by atoms with Gasteiger partial charge in [-0.25, -0.2) is 4.79 Å². The van der Waals surface area contributed by atoms with Gasteiger partial charge in [-0.1, -0.05) is 18.2 Å². The van der Waals surface area contributed by atoms with Crippen LogP contribution in [0, 0.1) is 0 Å². The molecule has 4 heteroatoms. The van der Waals surface area contributed by atoms with E-state index in [-0.39, 0.29) is 6.09 Å². The van der Waals surface area contributed by atoms with E-state index in [1.54, 1.807) is 0 Å². The van der Waals surface area contributed by atoms with Gasteiger partial charge in [0.05, 0.1) is 20.1 Å². The molecule has 1 aromatic carbocycles. The summed E-state index contributed by atoms with van der Waals surface area (Å²) in [5.41, 5.74) is 0.769. The number of hydrogen-bond donors (Lipinski definition) is 1. The lowest BCUT2D eigenvalue weighted by atomic mass is 10.1. The van der Waals surface area contributed by atoms with E-state index >= 15 is 0 Å². The molecule has 1 aromatic rings. The molecule has 1 saturated heterocycles. The molecule has 1 amide bonds. The minimum absolute atomic E-state index is 0.366. The molecule has 2 rings (SSSR count). The number of carbonyl (C=O) groups excluding carboxylic acids is 1. The normalized spacial score (nSPS) is 17.7. The van der Waals surface area contributed by atoms with Gasteiger partial charge in [-0.2, -0.15) is 0 Å². The first-order chi connectivity index (χ1) is 9.18. The second-order valence-electron chi connectivity index (χ2n) is 5.48. The van der Waals surface area contributed by atoms with Crippen molar-refractivity contribution < 1.29 is 14.0 Å². The summed E-state index contributed by atoms with van der Waals surface area (Å²) < 4.78 is 6.27. The predicted octanol–water partition coefficient (Wildman–Crippen LogP) is 2.87. The Balaban J connectivity index is 1.69. The number of anilines is 1. The number of amides is 1. The molecule has 1 N–H and O–H groups in total. The Morgan fingerprint density at radius 1 is 1.21 bits per heavy atom. The lowest BCUT2D eigenvalue weighted by molar-refractivity contribution is -0.914. The van der Waals surface area contributed by atoms with E-state index in [1.165, 1.54) is 32.4 Å². The Labute approximate surface area is 115 Å². The summed E-state index contributed by atoms with van der Waals surface area (Å²) in [5.74, 6) is 0. The molecule has 0 aromatic heterocycles. The van der Waals surface area contributed by atoms with Crippen molar-refractivity contribution in [3.63, 3.8) is 0 Å². The number of piperidine rings is 1. The Morgan fingerprint density at radius 2 is 1.89 bits per heavy atom. The molecule has 1 aliphatic heterocycles. The van der Waals surface area contributed by atoms with Crippen molar-refractivity contribution in [1.82, 2.24) is 0 Å². The Morgan fingerprint density at radius 3 is 2.58 bits per heavy atom. The topological polar surface area (TPSA) is 38.3 Å². The van der Waals surface area contributed by atoms with Crippen LogP contribution in [0.5, 0.6) is 0 Å². The highest BCUT2D eigenvalue weighted by Gasteiger charge is 2.24. The molecule has 0 unspecified atom stereocenters. The quantitative estimate of drug-likeness (QED) is 0.848. The second kappa shape index (κ2) is 6.57. The number of para-hydroxylation sites is 1. The van der Waals surface area contributed by atoms with E-state index < -0.39 is 0 Å². The van der Waals surface area contributed by atoms with Crippen LogP contribution < -0.4 is 5.32 Å². The lowest BCUT2D eigenvalue weighted by Crippen LogP contribution is -2.49. The zero-order chi connectivity index (χ0) is 13.6. The third kappa shape index (κ3) is 4.56. The van der Waals surface area contributed by atoms with Crippen molar-refractivity contribution >= 4 is 11.8 Å². The third-order valence-corrected chi connectivity index (χ3v) is 3.78. The van der Waals surface area contributed by atoms with Gasteiger partial charge in [-0.3, -0.25) is 5.32 Å². The molecule has 1 fully saturated rings. The van der Waals surface area contributed by atoms with Crippen molar-refractivity contribution in [3.8, 4) is 0 Å². The molecule has 0 aliphatic carbocycles. The molecule has 0 radical (unpaired) electrons. The summed E-state index contributed by atoms with van der Waals surface area (Å²) in [6.07, 6.45) is 3.54. The van der Waals surface area contributed by atoms with Crippen LogP contribution in [0.1, 0.15) is 19.3 Å². The molecule has 0 spiro atoms. The van der Waals surface area contributed by atoms with Crippen molar-refractivity contribution in [2.24, 2.45) is 0 Å². The van der Waals surface area contributed by atoms with E-state index in [0.29, 0.717) is 6.61 Å². The van der Waals surface area contributed by atoms with Gasteiger partial charge in [0.2, 0.25) is 0 Å². The Hall–Kier alpha value is -1.55. The molecular weight excluding hydrogens is 240 g/mol. The van der Waals surface area contributed by atoms with Crippen LogP contribution in [0.15, 0.2) is 30.3 Å². The minimum Gasteiger partial charge on any atom is -0.443 e. The third-order valence-electron chi connectivity index (χ3n) is 3.78. The highest BCUT2D eigenvalue weighted by Crippen LogP contribution is 2.15. The average Bonchev–Trinajstić information content (AvgIpc) is 2.40. The first-order valence-electron chi connectivity index (χ1n) is 7.00. The number of benzene rings is 1. The first kappa shape index (κ1) is 13.9. The molecule has 0 bridgehead atoms. The SMILES string of the molecule is C[N+]1(CCOC(=O)Nc2ccccc2)CCCCC1. The molecular formula is C15H23N2O2+. The summed E-state index contributed by atoms with van der Waals surface area (Å²) in [6, 6.07) is 9.38. The molecule has 19 heavy (non-hydrogen) atoms. The lowest BCUT2D eigenvalue weighted by Gasteiger charge is -2.37. The summed E-state index contributed by atoms with van der Waals surface area (Å²) in [7, 11) is 2.25. The average molecular weight is 263 g/mol. The van der Waals surface area contributed by atoms with Crippen molar-refractivity contribution in [3.05, 3.63) is 30.3 Å². The van der Waals surface area contributed by atoms with Gasteiger partial charge in [0.15, 0.2) is 0 Å². The van der Waals surface area contributed by atoms with Gasteiger partial charge >= 0.3 is 6.09 Å². The number of likely N-dealkylation sites (N-methyl/N-ethyl adjacent to an activating group) is 1. The first-order valence-corrected chi connectivity index (χ1v) is 7.00. The summed E-state index contributed by atoms with van der Waals surface area (Å²) >= 11 is 0. The van der Waals surface area contributed by atoms with Crippen molar-refractivity contribution in [1.29, 1.82) is 0 Å². The standard InChI is InChI=1S/C15H22N2O2/c1-17(10-6-3-7-11-17)12-13-19-15(18)16-14-8-4-2-5-9-14/h2,4-5,8-9H,3,6-7,10-13H2,1H3/p+1. The van der Waals surface area contributed by atoms with Crippen LogP contribution in [0.2, 0.25) is 0 Å². The number of nitrogens with one attached hydrogen (secondary N) is 1. The molecule has 104 valence electrons. The zero-order valence-corrected chi connectivity index (χ0v) is 11.6. The predicted molar refractivity (Wildman–Crippen MR) is 76.0 cm³/mol. The number of ether oxygens (including phenoxy) is 1. The summed E-state index contributed by atoms with van der Waals surface area (Å²) in [6.45, 7) is 3.78. The molecule has 0 atom stereocenters. The van der Waals surface area contributed by atoms with E-state index in [9.17, 15) is 4.79 Å². The van der Waals surface area contributed by atoms with E-state index in [2.05, 4.69) is 12.4 Å². The Kier molecular flexibility index (Phi) is 4.80. The van der Waals surface area contributed by atoms with Crippen LogP contribution in [0.3, 0.4) is 0 Å². The van der Waals surface area contributed by atoms with E-state index in [1.807, 2.05) is 30.3 Å². The zero-order valence-electron chi connectivity index (χ0n) is 11.6. The highest BCUT2D eigenvalue weighted by atomic mass is 16.5. The number of carbonyl (C=O) groups is 1. The van der Waals surface area contributed by atoms with Crippen LogP contribution >= 0.6 is 0 Å². The maximum Gasteiger partial charge on any atom is 0.411 e. The fraction of sp³-hybridized carbons (Fsp3) is 0.533. The van der Waals surface area contributed by atoms with Crippen LogP contribution in [0.25, 0.3) is 0 Å². The van der Waals surface area contributed by atoms with Crippen LogP contribution in [-0.4, -0.2) is 43.9 Å². The number of hydrogen-bond acceptors (Lipinski definition) is 2. The van der Waals surface area contributed by atoms with Gasteiger partial charge < -0.3 is 9.22 Å². The number of quaternary nitrogens is 1. The monoisotopic (exact) mass is 263 g/mol. The maximum atomic E-state index is 11.6. The summed E-state index contributed by atoms with van der Waals surface area (Å²) in [5, 5.41) is 2.72. The van der Waals surface area contributed by atoms with Crippen molar-refractivity contribution in [2.75, 3.05) is 38.6 Å². The second-order valence-corrected chi connectivity index (χ2v) is 5.48. The molecule has 1 aliphatic rings. The molecule has 4 nitrogen and oxygen atoms in total. The van der Waals surface area contributed by atoms with Crippen LogP contribution in [-0.2, 0) is 4.74 Å². The minimum atomic E-state index is -0.366. The number of likely N-dealkylation sites (tertiary alicyclic amines) is 1. The van der Waals surface area contributed by atoms with Gasteiger partial charge in [0, 0.05) is 5.69 Å². The van der Waals surface area contributed by atoms with Gasteiger partial charge in [0.25, 0.3) is 0 Å². The maximum absolute atomic E-state index is 11.6. The van der Waals surface area contributed by atoms with Crippen molar-refractivity contribution in [2.45, 2.75) is 19.3 Å². The van der Waals surface area contributed by atoms with Gasteiger partial charge in [-0.15, -0.1) is 0 Å². The van der Waals surface area contributed by atoms with E-state index in [0.717, 1.165) is 16.7 Å². The summed E-state index contributed by atoms with van der Waals surface area (Å²) in [4.78, 5) is 11.6. The number of nitrogens with zero attached hydrogens (tertiary/aromatic N) is 1. The number of rotatable bonds is 4. The highest BCUT2D eigenvalue weighted by molar-refractivity contribution is 5.84. The van der Waals surface area contributed by atoms with E-state index in [4.69, 9.17) is 4.74 Å². The van der Waals surface area contributed by atoms with Gasteiger partial charge in [-0.05, 0) is 31.4 Å². The van der Waals surface area contributed by atoms with Crippen LogP contribution in [0.4, 0.5) is 10.5 Å². The smallest absolute Gasteiger partial charge is 0.411 e. The Bertz CT molecular complexity index is 400. The fourth-order valence-corrected chi connectivity index (χ4v) is 2.53.